The fourth-order valence-corrected chi connectivity index (χ4v) is 2.88. The van der Waals surface area contributed by atoms with Crippen LogP contribution in [0.15, 0.2) is 57.2 Å². The predicted octanol–water partition coefficient (Wildman–Crippen LogP) is 4.56. The van der Waals surface area contributed by atoms with E-state index in [1.807, 2.05) is 36.5 Å². The van der Waals surface area contributed by atoms with Gasteiger partial charge in [-0.15, -0.1) is 0 Å². The summed E-state index contributed by atoms with van der Waals surface area (Å²) in [4.78, 5) is 6.79. The van der Waals surface area contributed by atoms with Crippen LogP contribution in [0.2, 0.25) is 5.02 Å². The highest BCUT2D eigenvalue weighted by molar-refractivity contribution is 7.99. The molecule has 0 saturated carbocycles. The molecule has 0 N–H and O–H groups in total. The largest absolute Gasteiger partial charge is 0.255 e. The van der Waals surface area contributed by atoms with Crippen molar-refractivity contribution in [1.82, 2.24) is 0 Å². The predicted molar refractivity (Wildman–Crippen MR) is 69.3 cm³/mol. The van der Waals surface area contributed by atoms with Gasteiger partial charge in [0.15, 0.2) is 0 Å². The van der Waals surface area contributed by atoms with Gasteiger partial charge < -0.3 is 0 Å². The minimum atomic E-state index is 0.751. The first-order valence-electron chi connectivity index (χ1n) is 4.93. The van der Waals surface area contributed by atoms with Crippen molar-refractivity contribution >= 4 is 35.3 Å². The Bertz CT molecular complexity index is 578. The van der Waals surface area contributed by atoms with E-state index in [2.05, 4.69) is 17.1 Å². The van der Waals surface area contributed by atoms with Crippen LogP contribution in [0.3, 0.4) is 0 Å². The number of rotatable bonds is 0. The van der Waals surface area contributed by atoms with E-state index in [4.69, 9.17) is 11.6 Å². The zero-order chi connectivity index (χ0) is 11.0. The van der Waals surface area contributed by atoms with Gasteiger partial charge in [-0.25, -0.2) is 0 Å². The first-order chi connectivity index (χ1) is 7.83. The van der Waals surface area contributed by atoms with E-state index in [1.165, 1.54) is 4.90 Å². The Morgan fingerprint density at radius 3 is 2.81 bits per heavy atom. The van der Waals surface area contributed by atoms with Gasteiger partial charge in [0.05, 0.1) is 5.69 Å². The SMILES string of the molecule is Clc1ccc2c(c1)Sc1ccccc1C=N2. The molecule has 2 aromatic rings. The molecule has 1 aliphatic heterocycles. The van der Waals surface area contributed by atoms with Gasteiger partial charge in [0.25, 0.3) is 0 Å². The van der Waals surface area contributed by atoms with Gasteiger partial charge >= 0.3 is 0 Å². The van der Waals surface area contributed by atoms with Crippen LogP contribution in [0.5, 0.6) is 0 Å². The summed E-state index contributed by atoms with van der Waals surface area (Å²) in [7, 11) is 0. The van der Waals surface area contributed by atoms with E-state index in [0.29, 0.717) is 0 Å². The van der Waals surface area contributed by atoms with Gasteiger partial charge in [-0.3, -0.25) is 4.99 Å². The number of fused-ring (bicyclic) bond motifs is 2. The van der Waals surface area contributed by atoms with Gasteiger partial charge in [-0.1, -0.05) is 41.6 Å². The summed E-state index contributed by atoms with van der Waals surface area (Å²) >= 11 is 7.70. The number of aliphatic imine (C=N–C) groups is 1. The van der Waals surface area contributed by atoms with Crippen LogP contribution in [0.4, 0.5) is 5.69 Å². The molecule has 1 nitrogen and oxygen atoms in total. The standard InChI is InChI=1S/C13H8ClNS/c14-10-5-6-11-13(7-10)16-12-4-2-1-3-9(12)8-15-11/h1-8H. The molecular weight excluding hydrogens is 238 g/mol. The summed E-state index contributed by atoms with van der Waals surface area (Å²) in [6.45, 7) is 0. The summed E-state index contributed by atoms with van der Waals surface area (Å²) in [5, 5.41) is 0.751. The smallest absolute Gasteiger partial charge is 0.0770 e. The first kappa shape index (κ1) is 9.94. The molecule has 1 heterocycles. The molecule has 0 spiro atoms. The summed E-state index contributed by atoms with van der Waals surface area (Å²) < 4.78 is 0. The van der Waals surface area contributed by atoms with Gasteiger partial charge in [-0.2, -0.15) is 0 Å². The van der Waals surface area contributed by atoms with Crippen molar-refractivity contribution in [2.75, 3.05) is 0 Å². The van der Waals surface area contributed by atoms with Crippen molar-refractivity contribution in [2.24, 2.45) is 4.99 Å². The lowest BCUT2D eigenvalue weighted by molar-refractivity contribution is 1.38. The number of halogens is 1. The van der Waals surface area contributed by atoms with Crippen molar-refractivity contribution in [3.05, 3.63) is 53.1 Å². The van der Waals surface area contributed by atoms with E-state index in [9.17, 15) is 0 Å². The molecule has 0 unspecified atom stereocenters. The minimum Gasteiger partial charge on any atom is -0.255 e. The van der Waals surface area contributed by atoms with Crippen LogP contribution >= 0.6 is 23.4 Å². The van der Waals surface area contributed by atoms with Crippen LogP contribution in [-0.4, -0.2) is 6.21 Å². The maximum Gasteiger partial charge on any atom is 0.0770 e. The molecule has 78 valence electrons. The van der Waals surface area contributed by atoms with Crippen molar-refractivity contribution in [2.45, 2.75) is 9.79 Å². The van der Waals surface area contributed by atoms with E-state index in [0.717, 1.165) is 21.2 Å². The Kier molecular flexibility index (Phi) is 2.46. The Morgan fingerprint density at radius 2 is 1.88 bits per heavy atom. The highest BCUT2D eigenvalue weighted by Gasteiger charge is 2.10. The van der Waals surface area contributed by atoms with Crippen LogP contribution < -0.4 is 0 Å². The highest BCUT2D eigenvalue weighted by Crippen LogP contribution is 2.39. The van der Waals surface area contributed by atoms with E-state index in [1.54, 1.807) is 11.8 Å². The molecule has 2 aromatic carbocycles. The Labute approximate surface area is 103 Å². The Balaban J connectivity index is 2.18. The van der Waals surface area contributed by atoms with Gasteiger partial charge in [0, 0.05) is 26.6 Å². The van der Waals surface area contributed by atoms with Crippen LogP contribution in [0.25, 0.3) is 0 Å². The maximum atomic E-state index is 5.99. The number of hydrogen-bond donors (Lipinski definition) is 0. The lowest BCUT2D eigenvalue weighted by atomic mass is 10.2. The number of benzene rings is 2. The third-order valence-electron chi connectivity index (χ3n) is 2.40. The quantitative estimate of drug-likeness (QED) is 0.566. The molecule has 3 rings (SSSR count). The van der Waals surface area contributed by atoms with Gasteiger partial charge in [0.2, 0.25) is 0 Å². The molecule has 0 saturated heterocycles. The van der Waals surface area contributed by atoms with Crippen molar-refractivity contribution in [3.63, 3.8) is 0 Å². The molecule has 0 aromatic heterocycles. The van der Waals surface area contributed by atoms with Crippen LogP contribution in [0, 0.1) is 0 Å². The lowest BCUT2D eigenvalue weighted by Gasteiger charge is -2.04. The van der Waals surface area contributed by atoms with E-state index < -0.39 is 0 Å². The van der Waals surface area contributed by atoms with E-state index in [-0.39, 0.29) is 0 Å². The molecule has 0 amide bonds. The third-order valence-corrected chi connectivity index (χ3v) is 3.78. The summed E-state index contributed by atoms with van der Waals surface area (Å²) in [5.41, 5.74) is 2.13. The lowest BCUT2D eigenvalue weighted by Crippen LogP contribution is -1.81. The average Bonchev–Trinajstić information content (AvgIpc) is 2.47. The summed E-state index contributed by atoms with van der Waals surface area (Å²) in [6.07, 6.45) is 1.90. The third kappa shape index (κ3) is 1.75. The van der Waals surface area contributed by atoms with Crippen molar-refractivity contribution < 1.29 is 0 Å². The molecular formula is C13H8ClNS. The number of nitrogens with zero attached hydrogens (tertiary/aromatic N) is 1. The fourth-order valence-electron chi connectivity index (χ4n) is 1.61. The molecule has 0 radical (unpaired) electrons. The molecule has 1 aliphatic rings. The van der Waals surface area contributed by atoms with Gasteiger partial charge in [-0.05, 0) is 24.3 Å². The second-order valence-electron chi connectivity index (χ2n) is 3.51. The van der Waals surface area contributed by atoms with Crippen molar-refractivity contribution in [3.8, 4) is 0 Å². The Hall–Kier alpha value is -1.25. The molecule has 3 heteroatoms. The fraction of sp³-hybridized carbons (Fsp3) is 0. The van der Waals surface area contributed by atoms with E-state index >= 15 is 0 Å². The molecule has 0 fully saturated rings. The normalized spacial score (nSPS) is 12.8. The summed E-state index contributed by atoms with van der Waals surface area (Å²) in [6, 6.07) is 14.0. The molecule has 16 heavy (non-hydrogen) atoms. The average molecular weight is 246 g/mol. The topological polar surface area (TPSA) is 12.4 Å². The maximum absolute atomic E-state index is 5.99. The summed E-state index contributed by atoms with van der Waals surface area (Å²) in [5.74, 6) is 0. The van der Waals surface area contributed by atoms with Crippen LogP contribution in [0.1, 0.15) is 5.56 Å². The molecule has 0 atom stereocenters. The zero-order valence-corrected chi connectivity index (χ0v) is 9.92. The molecule has 0 aliphatic carbocycles. The first-order valence-corrected chi connectivity index (χ1v) is 6.13. The Morgan fingerprint density at radius 1 is 1.00 bits per heavy atom. The minimum absolute atomic E-state index is 0.751. The van der Waals surface area contributed by atoms with Crippen molar-refractivity contribution in [1.29, 1.82) is 0 Å². The monoisotopic (exact) mass is 245 g/mol. The van der Waals surface area contributed by atoms with Gasteiger partial charge in [0.1, 0.15) is 0 Å². The highest BCUT2D eigenvalue weighted by atomic mass is 35.5. The second-order valence-corrected chi connectivity index (χ2v) is 5.03. The van der Waals surface area contributed by atoms with Crippen LogP contribution in [-0.2, 0) is 0 Å². The molecule has 0 bridgehead atoms. The second kappa shape index (κ2) is 3.96. The number of hydrogen-bond acceptors (Lipinski definition) is 2. The zero-order valence-electron chi connectivity index (χ0n) is 8.35.